The zero-order valence-electron chi connectivity index (χ0n) is 12.3. The smallest absolute Gasteiger partial charge is 0.352 e. The van der Waals surface area contributed by atoms with Crippen LogP contribution in [0.15, 0.2) is 24.7 Å². The Morgan fingerprint density at radius 3 is 2.50 bits per heavy atom. The van der Waals surface area contributed by atoms with Crippen molar-refractivity contribution in [2.45, 2.75) is 6.18 Å². The largest absolute Gasteiger partial charge is 0.427 e. The van der Waals surface area contributed by atoms with Gasteiger partial charge in [-0.05, 0) is 12.1 Å². The van der Waals surface area contributed by atoms with Crippen molar-refractivity contribution in [1.82, 2.24) is 24.8 Å². The SMILES string of the molecule is FC(F)(F)c1cnc(N2CCN(c3ccc4nncn4n3)CC2)s1. The lowest BCUT2D eigenvalue weighted by Gasteiger charge is -2.35. The number of nitrogens with zero attached hydrogens (tertiary/aromatic N) is 7. The van der Waals surface area contributed by atoms with Crippen molar-refractivity contribution in [2.75, 3.05) is 36.0 Å². The molecule has 1 fully saturated rings. The van der Waals surface area contributed by atoms with Gasteiger partial charge in [-0.1, -0.05) is 11.3 Å². The highest BCUT2D eigenvalue weighted by atomic mass is 32.1. The summed E-state index contributed by atoms with van der Waals surface area (Å²) >= 11 is 0.681. The van der Waals surface area contributed by atoms with Gasteiger partial charge in [0.15, 0.2) is 10.8 Å². The Labute approximate surface area is 138 Å². The molecule has 0 aliphatic carbocycles. The van der Waals surface area contributed by atoms with E-state index in [1.807, 2.05) is 17.0 Å². The number of piperazine rings is 1. The highest BCUT2D eigenvalue weighted by Gasteiger charge is 2.34. The average Bonchev–Trinajstić information content (AvgIpc) is 3.23. The van der Waals surface area contributed by atoms with E-state index >= 15 is 0 Å². The predicted molar refractivity (Wildman–Crippen MR) is 82.3 cm³/mol. The summed E-state index contributed by atoms with van der Waals surface area (Å²) in [6.45, 7) is 2.49. The lowest BCUT2D eigenvalue weighted by Crippen LogP contribution is -2.46. The van der Waals surface area contributed by atoms with Crippen molar-refractivity contribution >= 4 is 27.9 Å². The first-order valence-corrected chi connectivity index (χ1v) is 8.02. The third-order valence-electron chi connectivity index (χ3n) is 3.79. The molecule has 0 saturated carbocycles. The van der Waals surface area contributed by atoms with E-state index in [9.17, 15) is 13.2 Å². The van der Waals surface area contributed by atoms with Gasteiger partial charge in [0.25, 0.3) is 0 Å². The highest BCUT2D eigenvalue weighted by Crippen LogP contribution is 2.36. The normalized spacial score (nSPS) is 16.1. The number of anilines is 2. The molecule has 11 heteroatoms. The van der Waals surface area contributed by atoms with Crippen LogP contribution < -0.4 is 9.80 Å². The lowest BCUT2D eigenvalue weighted by molar-refractivity contribution is -0.134. The summed E-state index contributed by atoms with van der Waals surface area (Å²) in [4.78, 5) is 7.19. The second kappa shape index (κ2) is 5.58. The van der Waals surface area contributed by atoms with Gasteiger partial charge in [-0.2, -0.15) is 17.7 Å². The third-order valence-corrected chi connectivity index (χ3v) is 4.90. The van der Waals surface area contributed by atoms with Crippen molar-refractivity contribution in [3.63, 3.8) is 0 Å². The van der Waals surface area contributed by atoms with Gasteiger partial charge in [-0.15, -0.1) is 15.3 Å². The molecule has 126 valence electrons. The molecule has 1 aliphatic heterocycles. The molecule has 24 heavy (non-hydrogen) atoms. The van der Waals surface area contributed by atoms with Gasteiger partial charge < -0.3 is 9.80 Å². The van der Waals surface area contributed by atoms with E-state index < -0.39 is 11.1 Å². The molecular formula is C13H12F3N7S. The minimum atomic E-state index is -4.34. The van der Waals surface area contributed by atoms with E-state index in [0.29, 0.717) is 48.3 Å². The van der Waals surface area contributed by atoms with Crippen LogP contribution in [0.4, 0.5) is 24.1 Å². The molecule has 0 bridgehead atoms. The summed E-state index contributed by atoms with van der Waals surface area (Å²) in [5.41, 5.74) is 0.667. The number of aromatic nitrogens is 5. The Kier molecular flexibility index (Phi) is 3.52. The fourth-order valence-electron chi connectivity index (χ4n) is 2.56. The van der Waals surface area contributed by atoms with E-state index in [2.05, 4.69) is 25.2 Å². The fraction of sp³-hybridized carbons (Fsp3) is 0.385. The van der Waals surface area contributed by atoms with Crippen LogP contribution in [-0.4, -0.2) is 51.0 Å². The number of hydrogen-bond acceptors (Lipinski definition) is 7. The van der Waals surface area contributed by atoms with Crippen molar-refractivity contribution in [2.24, 2.45) is 0 Å². The maximum absolute atomic E-state index is 12.7. The minimum absolute atomic E-state index is 0.407. The van der Waals surface area contributed by atoms with Gasteiger partial charge >= 0.3 is 6.18 Å². The zero-order valence-corrected chi connectivity index (χ0v) is 13.1. The molecule has 0 spiro atoms. The zero-order chi connectivity index (χ0) is 16.7. The molecule has 0 radical (unpaired) electrons. The van der Waals surface area contributed by atoms with E-state index in [1.165, 1.54) is 6.33 Å². The third kappa shape index (κ3) is 2.75. The summed E-state index contributed by atoms with van der Waals surface area (Å²) in [5, 5.41) is 12.5. The maximum Gasteiger partial charge on any atom is 0.427 e. The van der Waals surface area contributed by atoms with Crippen LogP contribution in [0.5, 0.6) is 0 Å². The molecular weight excluding hydrogens is 343 g/mol. The van der Waals surface area contributed by atoms with E-state index in [0.717, 1.165) is 12.0 Å². The van der Waals surface area contributed by atoms with Crippen LogP contribution in [0, 0.1) is 0 Å². The molecule has 0 N–H and O–H groups in total. The molecule has 0 amide bonds. The number of thiazole rings is 1. The molecule has 1 saturated heterocycles. The molecule has 3 aromatic rings. The second-order valence-electron chi connectivity index (χ2n) is 5.30. The first-order chi connectivity index (χ1) is 11.5. The standard InChI is InChI=1S/C13H12F3N7S/c14-13(15,16)9-7-17-12(24-9)22-5-3-21(4-6-22)11-2-1-10-19-18-8-23(10)20-11/h1-2,7-8H,3-6H2. The topological polar surface area (TPSA) is 62.5 Å². The van der Waals surface area contributed by atoms with Gasteiger partial charge in [0.1, 0.15) is 17.0 Å². The van der Waals surface area contributed by atoms with Crippen molar-refractivity contribution in [3.8, 4) is 0 Å². The predicted octanol–water partition coefficient (Wildman–Crippen LogP) is 1.93. The molecule has 7 nitrogen and oxygen atoms in total. The van der Waals surface area contributed by atoms with Crippen LogP contribution in [0.2, 0.25) is 0 Å². The molecule has 3 aromatic heterocycles. The number of alkyl halides is 3. The van der Waals surface area contributed by atoms with Crippen LogP contribution in [0.1, 0.15) is 4.88 Å². The quantitative estimate of drug-likeness (QED) is 0.700. The monoisotopic (exact) mass is 355 g/mol. The Hall–Kier alpha value is -2.43. The first-order valence-electron chi connectivity index (χ1n) is 7.21. The Morgan fingerprint density at radius 2 is 1.79 bits per heavy atom. The summed E-state index contributed by atoms with van der Waals surface area (Å²) in [6, 6.07) is 3.70. The minimum Gasteiger partial charge on any atom is -0.352 e. The summed E-state index contributed by atoms with van der Waals surface area (Å²) in [7, 11) is 0. The lowest BCUT2D eigenvalue weighted by atomic mass is 10.3. The number of halogens is 3. The van der Waals surface area contributed by atoms with E-state index in [4.69, 9.17) is 0 Å². The molecule has 0 aromatic carbocycles. The molecule has 0 unspecified atom stereocenters. The molecule has 4 heterocycles. The van der Waals surface area contributed by atoms with Crippen LogP contribution in [0.3, 0.4) is 0 Å². The molecule has 1 aliphatic rings. The van der Waals surface area contributed by atoms with Crippen LogP contribution in [0.25, 0.3) is 5.65 Å². The summed E-state index contributed by atoms with van der Waals surface area (Å²) in [6.07, 6.45) is -1.91. The highest BCUT2D eigenvalue weighted by molar-refractivity contribution is 7.15. The van der Waals surface area contributed by atoms with Gasteiger partial charge in [-0.25, -0.2) is 4.98 Å². The van der Waals surface area contributed by atoms with Gasteiger partial charge in [0.05, 0.1) is 6.20 Å². The van der Waals surface area contributed by atoms with Gasteiger partial charge in [0.2, 0.25) is 0 Å². The summed E-state index contributed by atoms with van der Waals surface area (Å²) < 4.78 is 39.6. The van der Waals surface area contributed by atoms with Crippen LogP contribution in [-0.2, 0) is 6.18 Å². The van der Waals surface area contributed by atoms with Crippen molar-refractivity contribution in [3.05, 3.63) is 29.5 Å². The van der Waals surface area contributed by atoms with E-state index in [1.54, 1.807) is 4.52 Å². The average molecular weight is 355 g/mol. The van der Waals surface area contributed by atoms with Gasteiger partial charge in [0, 0.05) is 26.2 Å². The second-order valence-corrected chi connectivity index (χ2v) is 6.31. The molecule has 0 atom stereocenters. The Balaban J connectivity index is 1.45. The number of fused-ring (bicyclic) bond motifs is 1. The van der Waals surface area contributed by atoms with Crippen molar-refractivity contribution in [1.29, 1.82) is 0 Å². The summed E-state index contributed by atoms with van der Waals surface area (Å²) in [5.74, 6) is 0.789. The number of hydrogen-bond donors (Lipinski definition) is 0. The Bertz CT molecular complexity index is 850. The number of rotatable bonds is 2. The van der Waals surface area contributed by atoms with Crippen molar-refractivity contribution < 1.29 is 13.2 Å². The van der Waals surface area contributed by atoms with Gasteiger partial charge in [-0.3, -0.25) is 0 Å². The first kappa shape index (κ1) is 15.1. The fourth-order valence-corrected chi connectivity index (χ4v) is 3.39. The van der Waals surface area contributed by atoms with E-state index in [-0.39, 0.29) is 0 Å². The van der Waals surface area contributed by atoms with Crippen LogP contribution >= 0.6 is 11.3 Å². The Morgan fingerprint density at radius 1 is 1.04 bits per heavy atom. The maximum atomic E-state index is 12.7. The molecule has 4 rings (SSSR count).